The van der Waals surface area contributed by atoms with Crippen LogP contribution in [0.2, 0.25) is 0 Å². The molecule has 7 nitrogen and oxygen atoms in total. The van der Waals surface area contributed by atoms with Crippen molar-refractivity contribution in [1.29, 1.82) is 0 Å². The van der Waals surface area contributed by atoms with Crippen LogP contribution in [-0.2, 0) is 33.3 Å². The molecule has 2 aromatic carbocycles. The average molecular weight is 473 g/mol. The van der Waals surface area contributed by atoms with Crippen LogP contribution in [0.4, 0.5) is 17.6 Å². The van der Waals surface area contributed by atoms with Crippen LogP contribution in [0, 0.1) is 11.6 Å². The van der Waals surface area contributed by atoms with Gasteiger partial charge in [0.15, 0.2) is 5.60 Å². The summed E-state index contributed by atoms with van der Waals surface area (Å²) in [6.07, 6.45) is 1.91. The molecule has 0 saturated heterocycles. The van der Waals surface area contributed by atoms with Crippen LogP contribution in [-0.4, -0.2) is 45.9 Å². The fourth-order valence-electron chi connectivity index (χ4n) is 3.03. The molecular formula is C20H19F4N3O4S. The van der Waals surface area contributed by atoms with Gasteiger partial charge in [0.1, 0.15) is 24.3 Å². The SMILES string of the molecule is O=S(=O)(CCOCc1ccccc1)C(F)(F)C(O)(Cn1cncn1)c1ccc(F)cc1F. The minimum atomic E-state index is -5.38. The number of aromatic nitrogens is 3. The quantitative estimate of drug-likeness (QED) is 0.360. The van der Waals surface area contributed by atoms with Gasteiger partial charge < -0.3 is 9.84 Å². The number of rotatable bonds is 10. The Kier molecular flexibility index (Phi) is 6.96. The van der Waals surface area contributed by atoms with E-state index >= 15 is 8.78 Å². The van der Waals surface area contributed by atoms with E-state index in [-0.39, 0.29) is 12.7 Å². The highest BCUT2D eigenvalue weighted by Gasteiger charge is 2.63. The van der Waals surface area contributed by atoms with Crippen molar-refractivity contribution in [3.05, 3.63) is 83.9 Å². The predicted octanol–water partition coefficient (Wildman–Crippen LogP) is 2.67. The molecule has 1 heterocycles. The highest BCUT2D eigenvalue weighted by molar-refractivity contribution is 7.92. The van der Waals surface area contributed by atoms with Gasteiger partial charge in [-0.3, -0.25) is 0 Å². The van der Waals surface area contributed by atoms with Crippen molar-refractivity contribution in [3.8, 4) is 0 Å². The monoisotopic (exact) mass is 473 g/mol. The largest absolute Gasteiger partial charge is 0.379 e. The number of ether oxygens (including phenoxy) is 1. The first kappa shape index (κ1) is 23.8. The lowest BCUT2D eigenvalue weighted by Gasteiger charge is -2.35. The van der Waals surface area contributed by atoms with E-state index in [0.717, 1.165) is 17.3 Å². The average Bonchev–Trinajstić information content (AvgIpc) is 3.24. The lowest BCUT2D eigenvalue weighted by molar-refractivity contribution is -0.145. The first-order valence-corrected chi connectivity index (χ1v) is 10.9. The van der Waals surface area contributed by atoms with Gasteiger partial charge in [0.2, 0.25) is 9.84 Å². The molecule has 1 unspecified atom stereocenters. The van der Waals surface area contributed by atoms with E-state index in [0.29, 0.717) is 17.7 Å². The van der Waals surface area contributed by atoms with Gasteiger partial charge in [-0.1, -0.05) is 30.3 Å². The predicted molar refractivity (Wildman–Crippen MR) is 105 cm³/mol. The van der Waals surface area contributed by atoms with E-state index in [9.17, 15) is 22.3 Å². The summed E-state index contributed by atoms with van der Waals surface area (Å²) >= 11 is 0. The second-order valence-electron chi connectivity index (χ2n) is 6.95. The van der Waals surface area contributed by atoms with Crippen LogP contribution < -0.4 is 0 Å². The van der Waals surface area contributed by atoms with Crippen molar-refractivity contribution in [3.63, 3.8) is 0 Å². The van der Waals surface area contributed by atoms with Crippen molar-refractivity contribution < 1.29 is 35.8 Å². The molecule has 0 aliphatic rings. The zero-order chi connectivity index (χ0) is 23.4. The summed E-state index contributed by atoms with van der Waals surface area (Å²) in [5, 5.41) is 9.59. The minimum absolute atomic E-state index is 0.0161. The molecule has 0 aliphatic heterocycles. The highest BCUT2D eigenvalue weighted by Crippen LogP contribution is 2.44. The first-order chi connectivity index (χ1) is 15.1. The number of alkyl halides is 2. The molecule has 0 aliphatic carbocycles. The summed E-state index contributed by atoms with van der Waals surface area (Å²) in [5.74, 6) is -3.78. The van der Waals surface area contributed by atoms with Crippen LogP contribution in [0.5, 0.6) is 0 Å². The van der Waals surface area contributed by atoms with Crippen LogP contribution in [0.25, 0.3) is 0 Å². The normalized spacial score (nSPS) is 14.3. The summed E-state index contributed by atoms with van der Waals surface area (Å²) < 4.78 is 89.4. The maximum Gasteiger partial charge on any atom is 0.379 e. The number of benzene rings is 2. The van der Waals surface area contributed by atoms with Crippen LogP contribution in [0.3, 0.4) is 0 Å². The van der Waals surface area contributed by atoms with E-state index in [1.165, 1.54) is 0 Å². The maximum absolute atomic E-state index is 15.3. The van der Waals surface area contributed by atoms with Gasteiger partial charge in [-0.15, -0.1) is 0 Å². The van der Waals surface area contributed by atoms with Crippen LogP contribution in [0.15, 0.2) is 61.2 Å². The third kappa shape index (κ3) is 4.81. The number of nitrogens with zero attached hydrogens (tertiary/aromatic N) is 3. The van der Waals surface area contributed by atoms with Gasteiger partial charge in [-0.2, -0.15) is 13.9 Å². The fraction of sp³-hybridized carbons (Fsp3) is 0.300. The van der Waals surface area contributed by atoms with E-state index < -0.39 is 56.8 Å². The number of sulfone groups is 1. The molecular weight excluding hydrogens is 454 g/mol. The standard InChI is InChI=1S/C20H19F4N3O4S/c21-16-6-7-17(18(22)10-16)19(28,12-27-14-25-13-26-27)20(23,24)32(29,30)9-8-31-11-15-4-2-1-3-5-15/h1-7,10,13-14,28H,8-9,11-12H2. The smallest absolute Gasteiger partial charge is 0.376 e. The summed E-state index contributed by atoms with van der Waals surface area (Å²) in [7, 11) is -5.38. The van der Waals surface area contributed by atoms with Crippen molar-refractivity contribution in [1.82, 2.24) is 14.8 Å². The molecule has 1 N–H and O–H groups in total. The Morgan fingerprint density at radius 1 is 1.09 bits per heavy atom. The first-order valence-electron chi connectivity index (χ1n) is 9.29. The molecule has 0 amide bonds. The summed E-state index contributed by atoms with van der Waals surface area (Å²) in [6.45, 7) is -1.78. The number of aliphatic hydroxyl groups is 1. The van der Waals surface area contributed by atoms with Gasteiger partial charge in [0.05, 0.1) is 25.5 Å². The van der Waals surface area contributed by atoms with Crippen molar-refractivity contribution in [2.45, 2.75) is 24.0 Å². The van der Waals surface area contributed by atoms with E-state index in [4.69, 9.17) is 4.74 Å². The third-order valence-corrected chi connectivity index (χ3v) is 6.54. The van der Waals surface area contributed by atoms with Gasteiger partial charge in [-0.05, 0) is 17.7 Å². The molecule has 12 heteroatoms. The third-order valence-electron chi connectivity index (χ3n) is 4.71. The molecule has 1 atom stereocenters. The molecule has 3 rings (SSSR count). The van der Waals surface area contributed by atoms with Crippen molar-refractivity contribution in [2.24, 2.45) is 0 Å². The molecule has 0 bridgehead atoms. The molecule has 0 radical (unpaired) electrons. The van der Waals surface area contributed by atoms with E-state index in [2.05, 4.69) is 10.1 Å². The molecule has 0 fully saturated rings. The second-order valence-corrected chi connectivity index (χ2v) is 9.10. The molecule has 32 heavy (non-hydrogen) atoms. The molecule has 172 valence electrons. The Hall–Kier alpha value is -2.83. The van der Waals surface area contributed by atoms with E-state index in [1.54, 1.807) is 30.3 Å². The fourth-order valence-corrected chi connectivity index (χ4v) is 4.31. The lowest BCUT2D eigenvalue weighted by Crippen LogP contribution is -2.54. The van der Waals surface area contributed by atoms with Gasteiger partial charge in [0.25, 0.3) is 0 Å². The van der Waals surface area contributed by atoms with Crippen LogP contribution >= 0.6 is 0 Å². The summed E-state index contributed by atoms with van der Waals surface area (Å²) in [4.78, 5) is 3.54. The summed E-state index contributed by atoms with van der Waals surface area (Å²) in [6, 6.07) is 10.1. The Labute approximate surface area is 181 Å². The molecule has 0 spiro atoms. The highest BCUT2D eigenvalue weighted by atomic mass is 32.2. The second kappa shape index (κ2) is 9.35. The minimum Gasteiger partial charge on any atom is -0.376 e. The van der Waals surface area contributed by atoms with Gasteiger partial charge in [0, 0.05) is 11.6 Å². The number of hydrogen-bond donors (Lipinski definition) is 1. The Morgan fingerprint density at radius 2 is 1.81 bits per heavy atom. The van der Waals surface area contributed by atoms with Gasteiger partial charge >= 0.3 is 5.25 Å². The lowest BCUT2D eigenvalue weighted by atomic mass is 9.93. The summed E-state index contributed by atoms with van der Waals surface area (Å²) in [5.41, 5.74) is -4.02. The van der Waals surface area contributed by atoms with Gasteiger partial charge in [-0.25, -0.2) is 26.9 Å². The number of halogens is 4. The molecule has 0 saturated carbocycles. The molecule has 3 aromatic rings. The Bertz CT molecular complexity index is 1140. The van der Waals surface area contributed by atoms with Crippen molar-refractivity contribution in [2.75, 3.05) is 12.4 Å². The number of hydrogen-bond acceptors (Lipinski definition) is 6. The van der Waals surface area contributed by atoms with E-state index in [1.807, 2.05) is 0 Å². The molecule has 1 aromatic heterocycles. The maximum atomic E-state index is 15.3. The van der Waals surface area contributed by atoms with Crippen molar-refractivity contribution >= 4 is 9.84 Å². The topological polar surface area (TPSA) is 94.3 Å². The Balaban J connectivity index is 1.87. The zero-order valence-corrected chi connectivity index (χ0v) is 17.4. The van der Waals surface area contributed by atoms with Crippen LogP contribution in [0.1, 0.15) is 11.1 Å². The Morgan fingerprint density at radius 3 is 2.44 bits per heavy atom. The zero-order valence-electron chi connectivity index (χ0n) is 16.5.